The largest absolute Gasteiger partial charge is 0.493 e. The van der Waals surface area contributed by atoms with Gasteiger partial charge >= 0.3 is 0 Å². The summed E-state index contributed by atoms with van der Waals surface area (Å²) in [7, 11) is -3.50. The number of halogens is 2. The highest BCUT2D eigenvalue weighted by Gasteiger charge is 2.42. The maximum absolute atomic E-state index is 13.9. The fourth-order valence-electron chi connectivity index (χ4n) is 3.31. The Balaban J connectivity index is 1.66. The second-order valence-corrected chi connectivity index (χ2v) is 9.27. The standard InChI is InChI=1S/C20H22F2N4O3S/c1-2-30(27,28)26-18-7-8-20(21,22)9-16(18)13-29-17-5-3-15(4-6-17)19-24-11-14(10-23)12-25-19/h3-6,11-12,16,18,26H,2,7-9,13H2,1H3/t16-,18-/m0/s1. The number of sulfonamides is 1. The third-order valence-electron chi connectivity index (χ3n) is 5.02. The lowest BCUT2D eigenvalue weighted by Crippen LogP contribution is -2.48. The molecule has 1 heterocycles. The summed E-state index contributed by atoms with van der Waals surface area (Å²) >= 11 is 0. The van der Waals surface area contributed by atoms with Gasteiger partial charge in [0.15, 0.2) is 5.82 Å². The molecule has 0 unspecified atom stereocenters. The van der Waals surface area contributed by atoms with Gasteiger partial charge in [-0.15, -0.1) is 0 Å². The minimum Gasteiger partial charge on any atom is -0.493 e. The van der Waals surface area contributed by atoms with Crippen molar-refractivity contribution in [2.24, 2.45) is 5.92 Å². The first-order chi connectivity index (χ1) is 14.2. The van der Waals surface area contributed by atoms with Crippen molar-refractivity contribution in [3.63, 3.8) is 0 Å². The molecule has 1 aromatic carbocycles. The lowest BCUT2D eigenvalue weighted by molar-refractivity contribution is -0.0660. The Morgan fingerprint density at radius 3 is 2.53 bits per heavy atom. The summed E-state index contributed by atoms with van der Waals surface area (Å²) < 4.78 is 59.8. The summed E-state index contributed by atoms with van der Waals surface area (Å²) in [5, 5.41) is 8.80. The number of rotatable bonds is 7. The number of aromatic nitrogens is 2. The fourth-order valence-corrected chi connectivity index (χ4v) is 4.25. The lowest BCUT2D eigenvalue weighted by atomic mass is 9.83. The molecule has 1 aliphatic rings. The van der Waals surface area contributed by atoms with Crippen LogP contribution in [-0.4, -0.2) is 42.7 Å². The summed E-state index contributed by atoms with van der Waals surface area (Å²) in [4.78, 5) is 8.23. The number of ether oxygens (including phenoxy) is 1. The van der Waals surface area contributed by atoms with Crippen LogP contribution in [0.2, 0.25) is 0 Å². The molecule has 0 radical (unpaired) electrons. The molecule has 0 aliphatic heterocycles. The van der Waals surface area contributed by atoms with Crippen LogP contribution in [0.5, 0.6) is 5.75 Å². The molecule has 1 aromatic heterocycles. The quantitative estimate of drug-likeness (QED) is 0.715. The minimum absolute atomic E-state index is 0.0286. The second-order valence-electron chi connectivity index (χ2n) is 7.23. The van der Waals surface area contributed by atoms with Gasteiger partial charge in [-0.1, -0.05) is 0 Å². The van der Waals surface area contributed by atoms with Gasteiger partial charge in [-0.3, -0.25) is 0 Å². The van der Waals surface area contributed by atoms with Gasteiger partial charge in [0.25, 0.3) is 0 Å². The first kappa shape index (κ1) is 22.1. The summed E-state index contributed by atoms with van der Waals surface area (Å²) in [6.45, 7) is 1.48. The molecule has 1 fully saturated rings. The number of nitriles is 1. The monoisotopic (exact) mass is 436 g/mol. The van der Waals surface area contributed by atoms with Crippen molar-refractivity contribution in [1.29, 1.82) is 5.26 Å². The van der Waals surface area contributed by atoms with Crippen LogP contribution in [-0.2, 0) is 10.0 Å². The predicted molar refractivity (Wildman–Crippen MR) is 106 cm³/mol. The van der Waals surface area contributed by atoms with Gasteiger partial charge in [0, 0.05) is 42.8 Å². The molecule has 0 amide bonds. The predicted octanol–water partition coefficient (Wildman–Crippen LogP) is 3.14. The van der Waals surface area contributed by atoms with E-state index in [2.05, 4.69) is 14.7 Å². The Bertz CT molecular complexity index is 1010. The maximum atomic E-state index is 13.9. The van der Waals surface area contributed by atoms with Crippen molar-refractivity contribution >= 4 is 10.0 Å². The van der Waals surface area contributed by atoms with E-state index in [1.807, 2.05) is 6.07 Å². The van der Waals surface area contributed by atoms with Crippen LogP contribution in [0.15, 0.2) is 36.7 Å². The molecule has 1 N–H and O–H groups in total. The molecule has 3 rings (SSSR count). The maximum Gasteiger partial charge on any atom is 0.248 e. The zero-order valence-electron chi connectivity index (χ0n) is 16.4. The highest BCUT2D eigenvalue weighted by atomic mass is 32.2. The number of nitrogens with one attached hydrogen (secondary N) is 1. The van der Waals surface area contributed by atoms with Gasteiger partial charge in [0.05, 0.1) is 17.9 Å². The molecule has 1 saturated carbocycles. The molecule has 2 aromatic rings. The Kier molecular flexibility index (Phi) is 6.63. The molecule has 0 spiro atoms. The van der Waals surface area contributed by atoms with Gasteiger partial charge < -0.3 is 4.74 Å². The van der Waals surface area contributed by atoms with Crippen molar-refractivity contribution < 1.29 is 21.9 Å². The molecule has 1 aliphatic carbocycles. The van der Waals surface area contributed by atoms with Gasteiger partial charge in [-0.2, -0.15) is 5.26 Å². The fraction of sp³-hybridized carbons (Fsp3) is 0.450. The Morgan fingerprint density at radius 1 is 1.27 bits per heavy atom. The van der Waals surface area contributed by atoms with Crippen LogP contribution in [0.3, 0.4) is 0 Å². The van der Waals surface area contributed by atoms with E-state index in [0.29, 0.717) is 22.7 Å². The first-order valence-corrected chi connectivity index (χ1v) is 11.2. The number of hydrogen-bond acceptors (Lipinski definition) is 6. The lowest BCUT2D eigenvalue weighted by Gasteiger charge is -2.36. The van der Waals surface area contributed by atoms with Crippen LogP contribution in [0.4, 0.5) is 8.78 Å². The summed E-state index contributed by atoms with van der Waals surface area (Å²) in [6.07, 6.45) is 2.14. The van der Waals surface area contributed by atoms with Crippen LogP contribution in [0.1, 0.15) is 31.7 Å². The van der Waals surface area contributed by atoms with Crippen molar-refractivity contribution in [1.82, 2.24) is 14.7 Å². The number of hydrogen-bond donors (Lipinski definition) is 1. The molecular weight excluding hydrogens is 414 g/mol. The molecular formula is C20H22F2N4O3S. The molecule has 0 saturated heterocycles. The van der Waals surface area contributed by atoms with E-state index in [0.717, 1.165) is 0 Å². The average molecular weight is 436 g/mol. The molecule has 30 heavy (non-hydrogen) atoms. The van der Waals surface area contributed by atoms with Gasteiger partial charge in [-0.05, 0) is 37.6 Å². The van der Waals surface area contributed by atoms with Gasteiger partial charge in [0.2, 0.25) is 15.9 Å². The molecule has 160 valence electrons. The summed E-state index contributed by atoms with van der Waals surface area (Å²) in [5.41, 5.74) is 1.07. The Hall–Kier alpha value is -2.64. The zero-order chi connectivity index (χ0) is 21.8. The number of nitrogens with zero attached hydrogens (tertiary/aromatic N) is 3. The molecule has 2 atom stereocenters. The van der Waals surface area contributed by atoms with Crippen LogP contribution in [0.25, 0.3) is 11.4 Å². The summed E-state index contributed by atoms with van der Waals surface area (Å²) in [6, 6.07) is 8.16. The van der Waals surface area contributed by atoms with Crippen molar-refractivity contribution in [3.8, 4) is 23.2 Å². The van der Waals surface area contributed by atoms with Gasteiger partial charge in [0.1, 0.15) is 11.8 Å². The van der Waals surface area contributed by atoms with Crippen LogP contribution >= 0.6 is 0 Å². The topological polar surface area (TPSA) is 105 Å². The number of alkyl halides is 2. The third kappa shape index (κ3) is 5.70. The average Bonchev–Trinajstić information content (AvgIpc) is 2.74. The molecule has 0 bridgehead atoms. The molecule has 10 heteroatoms. The van der Waals surface area contributed by atoms with E-state index < -0.39 is 34.3 Å². The van der Waals surface area contributed by atoms with E-state index >= 15 is 0 Å². The summed E-state index contributed by atoms with van der Waals surface area (Å²) in [5.74, 6) is -2.66. The van der Waals surface area contributed by atoms with Crippen molar-refractivity contribution in [2.75, 3.05) is 12.4 Å². The van der Waals surface area contributed by atoms with E-state index in [9.17, 15) is 17.2 Å². The van der Waals surface area contributed by atoms with E-state index in [4.69, 9.17) is 10.00 Å². The van der Waals surface area contributed by atoms with E-state index in [1.54, 1.807) is 24.3 Å². The smallest absolute Gasteiger partial charge is 0.248 e. The normalized spacial score (nSPS) is 21.0. The highest BCUT2D eigenvalue weighted by Crippen LogP contribution is 2.37. The SMILES string of the molecule is CCS(=O)(=O)N[C@H]1CCC(F)(F)C[C@H]1COc1ccc(-c2ncc(C#N)cn2)cc1. The van der Waals surface area contributed by atoms with Gasteiger partial charge in [-0.25, -0.2) is 31.9 Å². The van der Waals surface area contributed by atoms with Crippen LogP contribution < -0.4 is 9.46 Å². The van der Waals surface area contributed by atoms with E-state index in [-0.39, 0.29) is 25.2 Å². The highest BCUT2D eigenvalue weighted by molar-refractivity contribution is 7.89. The second kappa shape index (κ2) is 9.02. The Labute approximate surface area is 174 Å². The zero-order valence-corrected chi connectivity index (χ0v) is 17.2. The van der Waals surface area contributed by atoms with E-state index in [1.165, 1.54) is 19.3 Å². The first-order valence-electron chi connectivity index (χ1n) is 9.54. The number of benzene rings is 1. The minimum atomic E-state index is -3.50. The van der Waals surface area contributed by atoms with Crippen molar-refractivity contribution in [3.05, 3.63) is 42.2 Å². The van der Waals surface area contributed by atoms with Crippen molar-refractivity contribution in [2.45, 2.75) is 38.2 Å². The molecule has 7 nitrogen and oxygen atoms in total. The Morgan fingerprint density at radius 2 is 1.93 bits per heavy atom. The van der Waals surface area contributed by atoms with Crippen LogP contribution in [0, 0.1) is 17.2 Å². The third-order valence-corrected chi connectivity index (χ3v) is 6.44.